The lowest BCUT2D eigenvalue weighted by Crippen LogP contribution is -2.51. The van der Waals surface area contributed by atoms with Gasteiger partial charge in [0.25, 0.3) is 5.91 Å². The van der Waals surface area contributed by atoms with Gasteiger partial charge in [0.2, 0.25) is 5.82 Å². The highest BCUT2D eigenvalue weighted by atomic mass is 19.4. The minimum Gasteiger partial charge on any atom is -0.508 e. The Morgan fingerprint density at radius 3 is 2.23 bits per heavy atom. The Balaban J connectivity index is 0.000000170. The fourth-order valence-corrected chi connectivity index (χ4v) is 9.53. The summed E-state index contributed by atoms with van der Waals surface area (Å²) in [5, 5.41) is 39.3. The highest BCUT2D eigenvalue weighted by molar-refractivity contribution is 5.93. The fraction of sp³-hybridized carbons (Fsp3) is 0.451. The summed E-state index contributed by atoms with van der Waals surface area (Å²) in [5.41, 5.74) is 1.14. The minimum atomic E-state index is -4.64. The number of likely N-dealkylation sites (tertiary alicyclic amines) is 1. The van der Waals surface area contributed by atoms with E-state index in [2.05, 4.69) is 57.9 Å². The Hall–Kier alpha value is -6.48. The number of alkyl halides is 3. The van der Waals surface area contributed by atoms with Crippen LogP contribution in [0, 0.1) is 5.82 Å². The van der Waals surface area contributed by atoms with Gasteiger partial charge in [0.1, 0.15) is 28.5 Å². The molecule has 71 heavy (non-hydrogen) atoms. The number of piperazine rings is 2. The number of anilines is 1. The van der Waals surface area contributed by atoms with Gasteiger partial charge in [0.15, 0.2) is 11.6 Å². The van der Waals surface area contributed by atoms with Crippen molar-refractivity contribution in [2.75, 3.05) is 78.0 Å². The van der Waals surface area contributed by atoms with E-state index in [0.29, 0.717) is 65.6 Å². The van der Waals surface area contributed by atoms with Gasteiger partial charge in [-0.05, 0) is 94.1 Å². The van der Waals surface area contributed by atoms with Crippen LogP contribution in [0.1, 0.15) is 79.7 Å². The molecule has 2 bridgehead atoms. The summed E-state index contributed by atoms with van der Waals surface area (Å²) < 4.78 is 62.8. The molecule has 0 aliphatic carbocycles. The third-order valence-electron chi connectivity index (χ3n) is 13.2. The number of benzene rings is 3. The molecule has 6 aromatic rings. The quantitative estimate of drug-likeness (QED) is 0.0875. The molecule has 16 nitrogen and oxygen atoms in total. The number of nitrogens with one attached hydrogen (secondary N) is 3. The predicted molar refractivity (Wildman–Crippen MR) is 264 cm³/mol. The zero-order chi connectivity index (χ0) is 50.4. The van der Waals surface area contributed by atoms with Gasteiger partial charge in [-0.3, -0.25) is 19.2 Å². The Bertz CT molecular complexity index is 2780. The van der Waals surface area contributed by atoms with E-state index in [4.69, 9.17) is 4.74 Å². The number of carbonyl (C=O) groups excluding carboxylic acids is 1. The van der Waals surface area contributed by atoms with Crippen LogP contribution < -0.4 is 25.6 Å². The highest BCUT2D eigenvalue weighted by Crippen LogP contribution is 2.41. The molecule has 1 amide bonds. The number of halogens is 4. The number of pyridine rings is 1. The number of carbonyl (C=O) groups is 1. The average molecular weight is 983 g/mol. The second kappa shape index (κ2) is 22.3. The SMILES string of the molecule is CCNC(=O)c1nnc(-c2cc(C(C)C)c(O)cc2O)n1-c1ccc(CN2CCNCC2)cc1.CN1CCCC1.COc1nc(N2CC3CCC(C2)N3)c2cnc(-c3ccccc3C(F)(F)F)c(F)c2n1. The number of amides is 1. The van der Waals surface area contributed by atoms with E-state index >= 15 is 4.39 Å². The Morgan fingerprint density at radius 2 is 1.61 bits per heavy atom. The van der Waals surface area contributed by atoms with Crippen LogP contribution in [-0.4, -0.2) is 141 Å². The van der Waals surface area contributed by atoms with E-state index < -0.39 is 23.3 Å². The molecule has 5 N–H and O–H groups in total. The van der Waals surface area contributed by atoms with E-state index in [1.54, 1.807) is 10.6 Å². The maximum atomic E-state index is 15.5. The van der Waals surface area contributed by atoms with Crippen LogP contribution in [0.3, 0.4) is 0 Å². The molecule has 7 heterocycles. The zero-order valence-corrected chi connectivity index (χ0v) is 40.7. The van der Waals surface area contributed by atoms with Gasteiger partial charge in [0.05, 0.1) is 23.6 Å². The molecular weight excluding hydrogens is 921 g/mol. The van der Waals surface area contributed by atoms with E-state index in [1.165, 1.54) is 69.1 Å². The van der Waals surface area contributed by atoms with Crippen LogP contribution in [0.2, 0.25) is 0 Å². The van der Waals surface area contributed by atoms with Crippen LogP contribution in [0.5, 0.6) is 17.5 Å². The lowest BCUT2D eigenvalue weighted by atomic mass is 9.98. The number of nitrogens with zero attached hydrogens (tertiary/aromatic N) is 9. The number of hydrogen-bond acceptors (Lipinski definition) is 14. The van der Waals surface area contributed by atoms with Crippen molar-refractivity contribution >= 4 is 22.6 Å². The summed E-state index contributed by atoms with van der Waals surface area (Å²) in [5.74, 6) is -0.439. The van der Waals surface area contributed by atoms with E-state index in [-0.39, 0.29) is 46.2 Å². The van der Waals surface area contributed by atoms with Gasteiger partial charge in [-0.25, -0.2) is 4.39 Å². The van der Waals surface area contributed by atoms with Crippen LogP contribution in [0.25, 0.3) is 39.2 Å². The lowest BCUT2D eigenvalue weighted by Gasteiger charge is -2.34. The average Bonchev–Trinajstić information content (AvgIpc) is 4.11. The summed E-state index contributed by atoms with van der Waals surface area (Å²) in [4.78, 5) is 32.2. The number of ether oxygens (including phenoxy) is 1. The summed E-state index contributed by atoms with van der Waals surface area (Å²) in [6.07, 6.45) is 1.62. The van der Waals surface area contributed by atoms with Crippen molar-refractivity contribution < 1.29 is 37.3 Å². The van der Waals surface area contributed by atoms with E-state index in [1.807, 2.05) is 49.9 Å². The van der Waals surface area contributed by atoms with Crippen molar-refractivity contribution in [3.63, 3.8) is 0 Å². The molecule has 0 radical (unpaired) electrons. The van der Waals surface area contributed by atoms with Crippen LogP contribution >= 0.6 is 0 Å². The summed E-state index contributed by atoms with van der Waals surface area (Å²) in [7, 11) is 3.54. The van der Waals surface area contributed by atoms with E-state index in [0.717, 1.165) is 51.6 Å². The molecule has 378 valence electrons. The normalized spacial score (nSPS) is 18.3. The number of aromatic hydroxyl groups is 2. The topological polar surface area (TPSA) is 182 Å². The number of hydrogen-bond donors (Lipinski definition) is 5. The highest BCUT2D eigenvalue weighted by Gasteiger charge is 2.36. The van der Waals surface area contributed by atoms with Crippen molar-refractivity contribution in [2.24, 2.45) is 0 Å². The molecule has 2 atom stereocenters. The minimum absolute atomic E-state index is 0.0172. The zero-order valence-electron chi connectivity index (χ0n) is 40.7. The first-order chi connectivity index (χ1) is 34.1. The molecule has 4 saturated heterocycles. The molecular formula is C51H62F4N12O4. The van der Waals surface area contributed by atoms with Crippen LogP contribution in [0.15, 0.2) is 66.9 Å². The summed E-state index contributed by atoms with van der Waals surface area (Å²) in [6.45, 7) is 15.1. The summed E-state index contributed by atoms with van der Waals surface area (Å²) >= 11 is 0. The van der Waals surface area contributed by atoms with Crippen molar-refractivity contribution in [1.29, 1.82) is 0 Å². The molecule has 20 heteroatoms. The number of phenols is 2. The predicted octanol–water partition coefficient (Wildman–Crippen LogP) is 7.13. The first-order valence-electron chi connectivity index (χ1n) is 24.2. The monoisotopic (exact) mass is 982 g/mol. The second-order valence-corrected chi connectivity index (χ2v) is 18.6. The third-order valence-corrected chi connectivity index (χ3v) is 13.2. The van der Waals surface area contributed by atoms with Crippen LogP contribution in [-0.2, 0) is 12.7 Å². The largest absolute Gasteiger partial charge is 0.508 e. The molecule has 3 aromatic carbocycles. The standard InChI is InChI=1S/C25H32N6O3.C21H19F4N5O.C5H11N/c1-4-27-25(34)24-29-28-23(20-13-19(16(2)3)21(32)14-22(20)33)31(24)18-7-5-17(6-8-18)15-30-11-9-26-10-12-30;1-31-20-28-18-14(19(29-20)30-9-11-6-7-12(10-30)27-11)8-26-17(16(18)22)13-4-2-3-5-15(13)21(23,24)25;1-6-4-2-3-5-6/h5-8,13-14,16,26,32-33H,4,9-12,15H2,1-3H3,(H,27,34);2-5,8,11-12,27H,6-7,9-10H2,1H3;2-5H2,1H3. The molecule has 4 fully saturated rings. The van der Waals surface area contributed by atoms with E-state index in [9.17, 15) is 28.2 Å². The van der Waals surface area contributed by atoms with Gasteiger partial charge < -0.3 is 40.7 Å². The number of aromatic nitrogens is 6. The van der Waals surface area contributed by atoms with Gasteiger partial charge in [-0.2, -0.15) is 23.1 Å². The molecule has 4 aliphatic rings. The first kappa shape index (κ1) is 50.9. The lowest BCUT2D eigenvalue weighted by molar-refractivity contribution is -0.137. The number of fused-ring (bicyclic) bond motifs is 3. The van der Waals surface area contributed by atoms with Gasteiger partial charge in [-0.1, -0.05) is 44.2 Å². The Morgan fingerprint density at radius 1 is 0.915 bits per heavy atom. The van der Waals surface area contributed by atoms with Crippen molar-refractivity contribution in [1.82, 2.24) is 55.5 Å². The number of rotatable bonds is 10. The summed E-state index contributed by atoms with van der Waals surface area (Å²) in [6, 6.07) is 16.3. The first-order valence-corrected chi connectivity index (χ1v) is 24.2. The van der Waals surface area contributed by atoms with Gasteiger partial charge in [0, 0.05) is 88.0 Å². The maximum absolute atomic E-state index is 15.5. The molecule has 10 rings (SSSR count). The second-order valence-electron chi connectivity index (χ2n) is 18.6. The fourth-order valence-electron chi connectivity index (χ4n) is 9.53. The van der Waals surface area contributed by atoms with Crippen molar-refractivity contribution in [3.05, 3.63) is 95.2 Å². The maximum Gasteiger partial charge on any atom is 0.417 e. The van der Waals surface area contributed by atoms with Crippen molar-refractivity contribution in [3.8, 4) is 45.8 Å². The number of methoxy groups -OCH3 is 1. The number of phenolic OH excluding ortho intramolecular Hbond substituents is 2. The smallest absolute Gasteiger partial charge is 0.417 e. The molecule has 3 aromatic heterocycles. The molecule has 4 aliphatic heterocycles. The Kier molecular flexibility index (Phi) is 16.0. The van der Waals surface area contributed by atoms with Gasteiger partial charge >= 0.3 is 12.2 Å². The van der Waals surface area contributed by atoms with Crippen LogP contribution in [0.4, 0.5) is 23.4 Å². The molecule has 2 unspecified atom stereocenters. The Labute approximate surface area is 410 Å². The van der Waals surface area contributed by atoms with Crippen molar-refractivity contribution in [2.45, 2.75) is 77.2 Å². The molecule has 0 spiro atoms. The third kappa shape index (κ3) is 11.7. The molecule has 0 saturated carbocycles. The van der Waals surface area contributed by atoms with Gasteiger partial charge in [-0.15, -0.1) is 10.2 Å².